The highest BCUT2D eigenvalue weighted by Gasteiger charge is 2.46. The average Bonchev–Trinajstić information content (AvgIpc) is 2.82. The molecule has 0 radical (unpaired) electrons. The number of hydrogen-bond donors (Lipinski definition) is 1. The zero-order valence-corrected chi connectivity index (χ0v) is 9.93. The van der Waals surface area contributed by atoms with Crippen molar-refractivity contribution in [2.24, 2.45) is 11.3 Å². The number of ether oxygens (including phenoxy) is 1. The third-order valence-corrected chi connectivity index (χ3v) is 3.17. The number of carbonyl (C=O) groups is 1. The van der Waals surface area contributed by atoms with E-state index in [0.29, 0.717) is 0 Å². The standard InChI is InChI=1S/C12H21NO2/c1-11(2,3)10(14)15-12(7-13-8-12)6-9-4-5-9/h9,13H,4-8H2,1-3H3. The van der Waals surface area contributed by atoms with Crippen molar-refractivity contribution in [3.05, 3.63) is 0 Å². The van der Waals surface area contributed by atoms with Gasteiger partial charge in [-0.2, -0.15) is 0 Å². The summed E-state index contributed by atoms with van der Waals surface area (Å²) in [6.45, 7) is 7.40. The van der Waals surface area contributed by atoms with Gasteiger partial charge in [0.25, 0.3) is 0 Å². The molecule has 0 atom stereocenters. The van der Waals surface area contributed by atoms with Gasteiger partial charge in [0.15, 0.2) is 0 Å². The van der Waals surface area contributed by atoms with Crippen LogP contribution in [0.5, 0.6) is 0 Å². The van der Waals surface area contributed by atoms with E-state index in [2.05, 4.69) is 5.32 Å². The molecule has 0 aromatic carbocycles. The predicted octanol–water partition coefficient (Wildman–Crippen LogP) is 1.72. The molecule has 3 nitrogen and oxygen atoms in total. The van der Waals surface area contributed by atoms with E-state index in [4.69, 9.17) is 4.74 Å². The highest BCUT2D eigenvalue weighted by molar-refractivity contribution is 5.76. The third kappa shape index (κ3) is 2.51. The maximum absolute atomic E-state index is 11.8. The molecule has 2 rings (SSSR count). The summed E-state index contributed by atoms with van der Waals surface area (Å²) in [5.74, 6) is 0.740. The molecule has 0 aromatic rings. The maximum atomic E-state index is 11.8. The fourth-order valence-electron chi connectivity index (χ4n) is 1.86. The Kier molecular flexibility index (Phi) is 2.53. The quantitative estimate of drug-likeness (QED) is 0.722. The van der Waals surface area contributed by atoms with Crippen LogP contribution in [-0.2, 0) is 9.53 Å². The van der Waals surface area contributed by atoms with E-state index >= 15 is 0 Å². The molecule has 3 heteroatoms. The minimum Gasteiger partial charge on any atom is -0.456 e. The van der Waals surface area contributed by atoms with Gasteiger partial charge in [-0.15, -0.1) is 0 Å². The minimum absolute atomic E-state index is 0.0651. The van der Waals surface area contributed by atoms with Gasteiger partial charge in [-0.3, -0.25) is 4.79 Å². The Hall–Kier alpha value is -0.570. The lowest BCUT2D eigenvalue weighted by Gasteiger charge is -2.43. The normalized spacial score (nSPS) is 24.5. The van der Waals surface area contributed by atoms with Gasteiger partial charge in [-0.25, -0.2) is 0 Å². The van der Waals surface area contributed by atoms with Gasteiger partial charge in [-0.1, -0.05) is 12.8 Å². The van der Waals surface area contributed by atoms with E-state index in [9.17, 15) is 4.79 Å². The monoisotopic (exact) mass is 211 g/mol. The van der Waals surface area contributed by atoms with Crippen LogP contribution in [0.2, 0.25) is 0 Å². The summed E-state index contributed by atoms with van der Waals surface area (Å²) in [6, 6.07) is 0. The molecule has 1 heterocycles. The molecule has 2 fully saturated rings. The summed E-state index contributed by atoms with van der Waals surface area (Å²) >= 11 is 0. The summed E-state index contributed by atoms with van der Waals surface area (Å²) in [4.78, 5) is 11.8. The Balaban J connectivity index is 1.92. The number of rotatable bonds is 3. The third-order valence-electron chi connectivity index (χ3n) is 3.17. The van der Waals surface area contributed by atoms with Crippen LogP contribution in [0.3, 0.4) is 0 Å². The molecule has 0 aromatic heterocycles. The average molecular weight is 211 g/mol. The van der Waals surface area contributed by atoms with Crippen LogP contribution in [-0.4, -0.2) is 24.7 Å². The zero-order valence-electron chi connectivity index (χ0n) is 9.93. The van der Waals surface area contributed by atoms with Crippen molar-refractivity contribution in [3.8, 4) is 0 Å². The highest BCUT2D eigenvalue weighted by Crippen LogP contribution is 2.40. The first-order valence-electron chi connectivity index (χ1n) is 5.85. The predicted molar refractivity (Wildman–Crippen MR) is 58.5 cm³/mol. The Morgan fingerprint density at radius 2 is 2.00 bits per heavy atom. The summed E-state index contributed by atoms with van der Waals surface area (Å²) in [6.07, 6.45) is 3.69. The van der Waals surface area contributed by atoms with Gasteiger partial charge < -0.3 is 10.1 Å². The lowest BCUT2D eigenvalue weighted by Crippen LogP contribution is -2.62. The molecule has 1 aliphatic heterocycles. The van der Waals surface area contributed by atoms with E-state index in [0.717, 1.165) is 25.4 Å². The minimum atomic E-state index is -0.383. The molecule has 1 saturated carbocycles. The van der Waals surface area contributed by atoms with Gasteiger partial charge in [0.1, 0.15) is 5.60 Å². The molecule has 0 bridgehead atoms. The first kappa shape index (κ1) is 10.9. The van der Waals surface area contributed by atoms with E-state index in [1.165, 1.54) is 12.8 Å². The van der Waals surface area contributed by atoms with Crippen molar-refractivity contribution in [1.82, 2.24) is 5.32 Å². The van der Waals surface area contributed by atoms with Crippen molar-refractivity contribution in [2.45, 2.75) is 45.6 Å². The largest absolute Gasteiger partial charge is 0.456 e. The van der Waals surface area contributed by atoms with Crippen molar-refractivity contribution in [2.75, 3.05) is 13.1 Å². The topological polar surface area (TPSA) is 38.3 Å². The molecule has 0 amide bonds. The van der Waals surface area contributed by atoms with Crippen LogP contribution < -0.4 is 5.32 Å². The second-order valence-electron chi connectivity index (χ2n) is 6.07. The Morgan fingerprint density at radius 1 is 1.40 bits per heavy atom. The zero-order chi connectivity index (χ0) is 11.1. The summed E-state index contributed by atoms with van der Waals surface area (Å²) in [5, 5.41) is 3.21. The molecule has 0 spiro atoms. The summed E-state index contributed by atoms with van der Waals surface area (Å²) < 4.78 is 5.69. The van der Waals surface area contributed by atoms with Gasteiger partial charge in [0, 0.05) is 13.1 Å². The van der Waals surface area contributed by atoms with Crippen molar-refractivity contribution in [3.63, 3.8) is 0 Å². The fraction of sp³-hybridized carbons (Fsp3) is 0.917. The van der Waals surface area contributed by atoms with E-state index < -0.39 is 0 Å². The molecular formula is C12H21NO2. The molecular weight excluding hydrogens is 190 g/mol. The van der Waals surface area contributed by atoms with Crippen molar-refractivity contribution >= 4 is 5.97 Å². The maximum Gasteiger partial charge on any atom is 0.311 e. The molecule has 1 aliphatic carbocycles. The number of hydrogen-bond acceptors (Lipinski definition) is 3. The van der Waals surface area contributed by atoms with Gasteiger partial charge in [0.2, 0.25) is 0 Å². The second-order valence-corrected chi connectivity index (χ2v) is 6.07. The van der Waals surface area contributed by atoms with Gasteiger partial charge >= 0.3 is 5.97 Å². The first-order chi connectivity index (χ1) is 6.91. The van der Waals surface area contributed by atoms with Crippen LogP contribution in [0, 0.1) is 11.3 Å². The highest BCUT2D eigenvalue weighted by atomic mass is 16.6. The SMILES string of the molecule is CC(C)(C)C(=O)OC1(CC2CC2)CNC1. The second kappa shape index (κ2) is 3.48. The summed E-state index contributed by atoms with van der Waals surface area (Å²) in [5.41, 5.74) is -0.558. The lowest BCUT2D eigenvalue weighted by atomic mass is 9.89. The number of carbonyl (C=O) groups excluding carboxylic acids is 1. The van der Waals surface area contributed by atoms with E-state index in [1.807, 2.05) is 20.8 Å². The molecule has 1 N–H and O–H groups in total. The van der Waals surface area contributed by atoms with Gasteiger partial charge in [-0.05, 0) is 33.1 Å². The molecule has 1 saturated heterocycles. The molecule has 2 aliphatic rings. The van der Waals surface area contributed by atoms with E-state index in [-0.39, 0.29) is 17.0 Å². The Morgan fingerprint density at radius 3 is 2.33 bits per heavy atom. The van der Waals surface area contributed by atoms with Crippen LogP contribution in [0.1, 0.15) is 40.0 Å². The lowest BCUT2D eigenvalue weighted by molar-refractivity contribution is -0.176. The molecule has 0 unspecified atom stereocenters. The fourth-order valence-corrected chi connectivity index (χ4v) is 1.86. The van der Waals surface area contributed by atoms with Crippen molar-refractivity contribution in [1.29, 1.82) is 0 Å². The Labute approximate surface area is 91.6 Å². The van der Waals surface area contributed by atoms with Crippen LogP contribution in [0.4, 0.5) is 0 Å². The van der Waals surface area contributed by atoms with Crippen LogP contribution in [0.15, 0.2) is 0 Å². The molecule has 86 valence electrons. The van der Waals surface area contributed by atoms with Crippen LogP contribution >= 0.6 is 0 Å². The van der Waals surface area contributed by atoms with E-state index in [1.54, 1.807) is 0 Å². The van der Waals surface area contributed by atoms with Crippen LogP contribution in [0.25, 0.3) is 0 Å². The smallest absolute Gasteiger partial charge is 0.311 e. The van der Waals surface area contributed by atoms with Crippen molar-refractivity contribution < 1.29 is 9.53 Å². The number of esters is 1. The number of nitrogens with one attached hydrogen (secondary N) is 1. The first-order valence-corrected chi connectivity index (χ1v) is 5.85. The van der Waals surface area contributed by atoms with Gasteiger partial charge in [0.05, 0.1) is 5.41 Å². The Bertz CT molecular complexity index is 259. The summed E-state index contributed by atoms with van der Waals surface area (Å²) in [7, 11) is 0. The molecule has 15 heavy (non-hydrogen) atoms.